The second-order valence-electron chi connectivity index (χ2n) is 6.67. The fourth-order valence-corrected chi connectivity index (χ4v) is 3.60. The average Bonchev–Trinajstić information content (AvgIpc) is 3.03. The summed E-state index contributed by atoms with van der Waals surface area (Å²) in [5.41, 5.74) is 5.05. The maximum atomic E-state index is 4.56. The van der Waals surface area contributed by atoms with Gasteiger partial charge in [-0.25, -0.2) is 9.97 Å². The van der Waals surface area contributed by atoms with Gasteiger partial charge < -0.3 is 9.30 Å². The normalized spacial score (nSPS) is 16.0. The highest BCUT2D eigenvalue weighted by atomic mass is 15.3. The summed E-state index contributed by atoms with van der Waals surface area (Å²) >= 11 is 0. The minimum absolute atomic E-state index is 0.945. The van der Waals surface area contributed by atoms with Gasteiger partial charge >= 0.3 is 0 Å². The lowest BCUT2D eigenvalue weighted by Gasteiger charge is -2.35. The number of aromatic nitrogens is 3. The number of anilines is 1. The van der Waals surface area contributed by atoms with Crippen molar-refractivity contribution < 1.29 is 0 Å². The van der Waals surface area contributed by atoms with E-state index in [2.05, 4.69) is 51.8 Å². The highest BCUT2D eigenvalue weighted by molar-refractivity contribution is 5.64. The Labute approximate surface area is 142 Å². The van der Waals surface area contributed by atoms with Crippen LogP contribution in [0.5, 0.6) is 0 Å². The molecule has 1 aliphatic rings. The molecule has 24 heavy (non-hydrogen) atoms. The van der Waals surface area contributed by atoms with E-state index >= 15 is 0 Å². The van der Waals surface area contributed by atoms with Gasteiger partial charge in [0.1, 0.15) is 0 Å². The van der Waals surface area contributed by atoms with Crippen molar-refractivity contribution in [3.05, 3.63) is 59.7 Å². The summed E-state index contributed by atoms with van der Waals surface area (Å²) in [4.78, 5) is 13.9. The molecule has 3 heterocycles. The smallest absolute Gasteiger partial charge is 0.180 e. The van der Waals surface area contributed by atoms with Crippen LogP contribution >= 0.6 is 0 Å². The fraction of sp³-hybridized carbons (Fsp3) is 0.368. The van der Waals surface area contributed by atoms with Crippen LogP contribution < -0.4 is 4.90 Å². The molecule has 2 aromatic heterocycles. The minimum atomic E-state index is 0.945. The van der Waals surface area contributed by atoms with Gasteiger partial charge in [-0.1, -0.05) is 29.3 Å². The molecule has 5 heteroatoms. The van der Waals surface area contributed by atoms with Crippen molar-refractivity contribution in [3.8, 4) is 0 Å². The van der Waals surface area contributed by atoms with E-state index in [4.69, 9.17) is 0 Å². The van der Waals surface area contributed by atoms with E-state index in [0.29, 0.717) is 0 Å². The van der Waals surface area contributed by atoms with Gasteiger partial charge in [0, 0.05) is 57.5 Å². The first kappa shape index (κ1) is 15.1. The number of hydrogen-bond acceptors (Lipinski definition) is 4. The lowest BCUT2D eigenvalue weighted by molar-refractivity contribution is 0.249. The molecule has 0 atom stereocenters. The molecule has 124 valence electrons. The van der Waals surface area contributed by atoms with E-state index in [9.17, 15) is 0 Å². The Morgan fingerprint density at radius 1 is 0.875 bits per heavy atom. The number of benzene rings is 1. The van der Waals surface area contributed by atoms with Crippen molar-refractivity contribution in [1.29, 1.82) is 0 Å². The number of fused-ring (bicyclic) bond motifs is 1. The Hall–Kier alpha value is -2.40. The largest absolute Gasteiger partial charge is 0.351 e. The van der Waals surface area contributed by atoms with Crippen molar-refractivity contribution in [3.63, 3.8) is 0 Å². The van der Waals surface area contributed by atoms with E-state index in [-0.39, 0.29) is 0 Å². The van der Waals surface area contributed by atoms with Crippen LogP contribution in [0.15, 0.2) is 43.0 Å². The molecule has 1 aromatic carbocycles. The molecule has 0 bridgehead atoms. The zero-order valence-electron chi connectivity index (χ0n) is 14.3. The molecule has 0 unspecified atom stereocenters. The van der Waals surface area contributed by atoms with E-state index in [1.54, 1.807) is 0 Å². The number of aryl methyl sites for hydroxylation is 2. The molecule has 0 aliphatic carbocycles. The summed E-state index contributed by atoms with van der Waals surface area (Å²) in [5, 5.41) is 0. The first-order chi connectivity index (χ1) is 11.7. The monoisotopic (exact) mass is 321 g/mol. The lowest BCUT2D eigenvalue weighted by Crippen LogP contribution is -2.46. The van der Waals surface area contributed by atoms with Crippen LogP contribution in [0.4, 0.5) is 5.82 Å². The third kappa shape index (κ3) is 2.99. The SMILES string of the molecule is Cc1cc(C)cc(CN2CCN(c3nccn4ccnc34)CC2)c1. The van der Waals surface area contributed by atoms with Crippen LogP contribution in [0, 0.1) is 13.8 Å². The van der Waals surface area contributed by atoms with Crippen LogP contribution in [0.2, 0.25) is 0 Å². The van der Waals surface area contributed by atoms with Crippen LogP contribution in [0.25, 0.3) is 5.65 Å². The van der Waals surface area contributed by atoms with Gasteiger partial charge in [-0.05, 0) is 19.4 Å². The molecule has 1 saturated heterocycles. The highest BCUT2D eigenvalue weighted by Gasteiger charge is 2.20. The Morgan fingerprint density at radius 2 is 1.54 bits per heavy atom. The van der Waals surface area contributed by atoms with Crippen LogP contribution in [-0.2, 0) is 6.54 Å². The van der Waals surface area contributed by atoms with Gasteiger partial charge in [0.25, 0.3) is 0 Å². The number of piperazine rings is 1. The topological polar surface area (TPSA) is 36.7 Å². The van der Waals surface area contributed by atoms with E-state index in [0.717, 1.165) is 44.2 Å². The second kappa shape index (κ2) is 6.24. The number of hydrogen-bond donors (Lipinski definition) is 0. The molecule has 0 radical (unpaired) electrons. The second-order valence-corrected chi connectivity index (χ2v) is 6.67. The number of rotatable bonds is 3. The predicted molar refractivity (Wildman–Crippen MR) is 96.4 cm³/mol. The third-order valence-corrected chi connectivity index (χ3v) is 4.65. The zero-order valence-corrected chi connectivity index (χ0v) is 14.3. The van der Waals surface area contributed by atoms with Crippen LogP contribution in [0.1, 0.15) is 16.7 Å². The van der Waals surface area contributed by atoms with Crippen molar-refractivity contribution in [2.75, 3.05) is 31.1 Å². The Kier molecular flexibility index (Phi) is 3.94. The van der Waals surface area contributed by atoms with Gasteiger partial charge in [-0.15, -0.1) is 0 Å². The molecule has 1 aliphatic heterocycles. The summed E-state index contributed by atoms with van der Waals surface area (Å²) in [6.07, 6.45) is 7.60. The molecule has 0 spiro atoms. The molecular formula is C19H23N5. The van der Waals surface area contributed by atoms with Crippen molar-refractivity contribution in [2.24, 2.45) is 0 Å². The molecule has 4 rings (SSSR count). The molecule has 0 saturated carbocycles. The molecule has 0 N–H and O–H groups in total. The maximum Gasteiger partial charge on any atom is 0.180 e. The van der Waals surface area contributed by atoms with E-state index in [1.807, 2.05) is 29.2 Å². The van der Waals surface area contributed by atoms with Gasteiger partial charge in [0.2, 0.25) is 0 Å². The fourth-order valence-electron chi connectivity index (χ4n) is 3.60. The standard InChI is InChI=1S/C19H23N5/c1-15-11-16(2)13-17(12-15)14-22-7-9-24(10-8-22)19-18-20-3-5-23(18)6-4-21-19/h3-6,11-13H,7-10,14H2,1-2H3. The molecule has 1 fully saturated rings. The summed E-state index contributed by atoms with van der Waals surface area (Å²) in [7, 11) is 0. The summed E-state index contributed by atoms with van der Waals surface area (Å²) in [6.45, 7) is 9.45. The van der Waals surface area contributed by atoms with Crippen molar-refractivity contribution >= 4 is 11.5 Å². The summed E-state index contributed by atoms with van der Waals surface area (Å²) in [5.74, 6) is 0.994. The zero-order chi connectivity index (χ0) is 16.5. The predicted octanol–water partition coefficient (Wildman–Crippen LogP) is 2.67. The Morgan fingerprint density at radius 3 is 2.25 bits per heavy atom. The Balaban J connectivity index is 1.44. The summed E-state index contributed by atoms with van der Waals surface area (Å²) < 4.78 is 2.03. The maximum absolute atomic E-state index is 4.56. The van der Waals surface area contributed by atoms with Crippen LogP contribution in [0.3, 0.4) is 0 Å². The molecular weight excluding hydrogens is 298 g/mol. The minimum Gasteiger partial charge on any atom is -0.351 e. The van der Waals surface area contributed by atoms with Crippen LogP contribution in [-0.4, -0.2) is 45.4 Å². The van der Waals surface area contributed by atoms with Gasteiger partial charge in [0.15, 0.2) is 11.5 Å². The highest BCUT2D eigenvalue weighted by Crippen LogP contribution is 2.19. The molecule has 3 aromatic rings. The van der Waals surface area contributed by atoms with Gasteiger partial charge in [-0.3, -0.25) is 4.90 Å². The molecule has 0 amide bonds. The van der Waals surface area contributed by atoms with E-state index < -0.39 is 0 Å². The lowest BCUT2D eigenvalue weighted by atomic mass is 10.1. The first-order valence-corrected chi connectivity index (χ1v) is 8.51. The summed E-state index contributed by atoms with van der Waals surface area (Å²) in [6, 6.07) is 6.83. The molecule has 5 nitrogen and oxygen atoms in total. The third-order valence-electron chi connectivity index (χ3n) is 4.65. The van der Waals surface area contributed by atoms with E-state index in [1.165, 1.54) is 16.7 Å². The van der Waals surface area contributed by atoms with Gasteiger partial charge in [0.05, 0.1) is 0 Å². The van der Waals surface area contributed by atoms with Gasteiger partial charge in [-0.2, -0.15) is 0 Å². The quantitative estimate of drug-likeness (QED) is 0.743. The Bertz CT molecular complexity index is 826. The van der Waals surface area contributed by atoms with Crippen molar-refractivity contribution in [1.82, 2.24) is 19.3 Å². The first-order valence-electron chi connectivity index (χ1n) is 8.51. The average molecular weight is 321 g/mol. The number of imidazole rings is 1. The van der Waals surface area contributed by atoms with Crippen molar-refractivity contribution in [2.45, 2.75) is 20.4 Å². The number of nitrogens with zero attached hydrogens (tertiary/aromatic N) is 5.